The molecule has 2 fully saturated rings. The Balaban J connectivity index is 1.33. The molecule has 2 aliphatic heterocycles. The van der Waals surface area contributed by atoms with Crippen LogP contribution in [-0.2, 0) is 14.8 Å². The molecule has 2 heterocycles. The Labute approximate surface area is 196 Å². The van der Waals surface area contributed by atoms with E-state index in [-0.39, 0.29) is 11.8 Å². The van der Waals surface area contributed by atoms with Gasteiger partial charge in [0.2, 0.25) is 15.9 Å². The number of rotatable bonds is 4. The predicted octanol–water partition coefficient (Wildman–Crippen LogP) is 3.01. The molecule has 0 unspecified atom stereocenters. The van der Waals surface area contributed by atoms with E-state index in [4.69, 9.17) is 5.26 Å². The van der Waals surface area contributed by atoms with Crippen LogP contribution in [-0.4, -0.2) is 62.8 Å². The zero-order chi connectivity index (χ0) is 23.4. The highest BCUT2D eigenvalue weighted by molar-refractivity contribution is 7.89. The number of nitrogens with zero attached hydrogens (tertiary/aromatic N) is 4. The van der Waals surface area contributed by atoms with Gasteiger partial charge >= 0.3 is 0 Å². The first-order chi connectivity index (χ1) is 15.9. The summed E-state index contributed by atoms with van der Waals surface area (Å²) in [6, 6.07) is 16.6. The van der Waals surface area contributed by atoms with E-state index in [1.165, 1.54) is 4.31 Å². The second-order valence-electron chi connectivity index (χ2n) is 8.82. The lowest BCUT2D eigenvalue weighted by Gasteiger charge is -2.33. The number of carbonyl (C=O) groups is 1. The van der Waals surface area contributed by atoms with Crippen LogP contribution in [0.1, 0.15) is 30.4 Å². The van der Waals surface area contributed by atoms with Crippen LogP contribution in [0, 0.1) is 24.2 Å². The van der Waals surface area contributed by atoms with Crippen molar-refractivity contribution in [1.82, 2.24) is 9.21 Å². The topological polar surface area (TPSA) is 84.7 Å². The lowest BCUT2D eigenvalue weighted by molar-refractivity contribution is -0.136. The van der Waals surface area contributed by atoms with Crippen molar-refractivity contribution < 1.29 is 13.2 Å². The molecule has 0 aromatic heterocycles. The van der Waals surface area contributed by atoms with Crippen LogP contribution in [0.2, 0.25) is 0 Å². The predicted molar refractivity (Wildman–Crippen MR) is 127 cm³/mol. The number of anilines is 1. The third-order valence-electron chi connectivity index (χ3n) is 6.63. The SMILES string of the molecule is Cc1ccc(S(=O)(=O)N2CCC(C(=O)N3CCCN(c4ccc(C#N)cc4)CC3)CC2)cc1. The molecule has 0 radical (unpaired) electrons. The number of amides is 1. The summed E-state index contributed by atoms with van der Waals surface area (Å²) in [6.07, 6.45) is 1.99. The van der Waals surface area contributed by atoms with Gasteiger partial charge in [-0.15, -0.1) is 0 Å². The molecular formula is C25H30N4O3S. The van der Waals surface area contributed by atoms with Gasteiger partial charge in [0, 0.05) is 50.9 Å². The third kappa shape index (κ3) is 5.21. The molecule has 33 heavy (non-hydrogen) atoms. The molecule has 174 valence electrons. The smallest absolute Gasteiger partial charge is 0.243 e. The number of sulfonamides is 1. The Hall–Kier alpha value is -2.89. The average molecular weight is 467 g/mol. The van der Waals surface area contributed by atoms with E-state index in [0.717, 1.165) is 30.8 Å². The Morgan fingerprint density at radius 2 is 1.58 bits per heavy atom. The van der Waals surface area contributed by atoms with Gasteiger partial charge in [0.25, 0.3) is 0 Å². The number of hydrogen-bond donors (Lipinski definition) is 0. The molecule has 2 aromatic carbocycles. The fraction of sp³-hybridized carbons (Fsp3) is 0.440. The normalized spacial score (nSPS) is 18.5. The van der Waals surface area contributed by atoms with Crippen LogP contribution in [0.15, 0.2) is 53.4 Å². The van der Waals surface area contributed by atoms with E-state index in [0.29, 0.717) is 49.5 Å². The quantitative estimate of drug-likeness (QED) is 0.692. The zero-order valence-corrected chi connectivity index (χ0v) is 19.8. The van der Waals surface area contributed by atoms with Crippen molar-refractivity contribution in [2.75, 3.05) is 44.2 Å². The molecule has 0 atom stereocenters. The van der Waals surface area contributed by atoms with Crippen molar-refractivity contribution in [3.63, 3.8) is 0 Å². The summed E-state index contributed by atoms with van der Waals surface area (Å²) in [5.41, 5.74) is 2.73. The Morgan fingerprint density at radius 1 is 0.909 bits per heavy atom. The summed E-state index contributed by atoms with van der Waals surface area (Å²) in [5.74, 6) is 0.0139. The van der Waals surface area contributed by atoms with Gasteiger partial charge in [0.15, 0.2) is 0 Å². The van der Waals surface area contributed by atoms with Crippen LogP contribution < -0.4 is 4.90 Å². The summed E-state index contributed by atoms with van der Waals surface area (Å²) in [6.45, 7) is 5.66. The van der Waals surface area contributed by atoms with Crippen LogP contribution in [0.25, 0.3) is 0 Å². The van der Waals surface area contributed by atoms with Gasteiger partial charge in [-0.3, -0.25) is 4.79 Å². The van der Waals surface area contributed by atoms with Gasteiger partial charge in [0.1, 0.15) is 0 Å². The average Bonchev–Trinajstić information content (AvgIpc) is 3.10. The lowest BCUT2D eigenvalue weighted by Crippen LogP contribution is -2.45. The molecule has 0 saturated carbocycles. The second kappa shape index (κ2) is 9.94. The van der Waals surface area contributed by atoms with Crippen molar-refractivity contribution in [1.29, 1.82) is 5.26 Å². The van der Waals surface area contributed by atoms with Crippen molar-refractivity contribution in [2.45, 2.75) is 31.1 Å². The maximum absolute atomic E-state index is 13.2. The van der Waals surface area contributed by atoms with Crippen molar-refractivity contribution in [3.05, 3.63) is 59.7 Å². The van der Waals surface area contributed by atoms with E-state index in [2.05, 4.69) is 11.0 Å². The maximum Gasteiger partial charge on any atom is 0.243 e. The Kier molecular flexibility index (Phi) is 7.01. The van der Waals surface area contributed by atoms with E-state index < -0.39 is 10.0 Å². The number of benzene rings is 2. The van der Waals surface area contributed by atoms with Crippen LogP contribution in [0.3, 0.4) is 0 Å². The second-order valence-corrected chi connectivity index (χ2v) is 10.8. The van der Waals surface area contributed by atoms with Gasteiger partial charge in [-0.05, 0) is 62.6 Å². The highest BCUT2D eigenvalue weighted by Gasteiger charge is 2.34. The first-order valence-corrected chi connectivity index (χ1v) is 12.9. The fourth-order valence-electron chi connectivity index (χ4n) is 4.60. The van der Waals surface area contributed by atoms with Gasteiger partial charge in [-0.2, -0.15) is 9.57 Å². The first kappa shape index (κ1) is 23.3. The van der Waals surface area contributed by atoms with Crippen molar-refractivity contribution in [2.24, 2.45) is 5.92 Å². The Bertz CT molecular complexity index is 1120. The van der Waals surface area contributed by atoms with E-state index in [1.807, 2.05) is 48.2 Å². The van der Waals surface area contributed by atoms with Gasteiger partial charge < -0.3 is 9.80 Å². The van der Waals surface area contributed by atoms with Crippen LogP contribution in [0.5, 0.6) is 0 Å². The zero-order valence-electron chi connectivity index (χ0n) is 19.0. The number of hydrogen-bond acceptors (Lipinski definition) is 5. The molecule has 0 spiro atoms. The molecule has 8 heteroatoms. The van der Waals surface area contributed by atoms with Crippen molar-refractivity contribution in [3.8, 4) is 6.07 Å². The fourth-order valence-corrected chi connectivity index (χ4v) is 6.07. The minimum absolute atomic E-state index is 0.129. The summed E-state index contributed by atoms with van der Waals surface area (Å²) in [7, 11) is -3.52. The molecule has 1 amide bonds. The summed E-state index contributed by atoms with van der Waals surface area (Å²) < 4.78 is 27.4. The molecule has 2 aliphatic rings. The standard InChI is InChI=1S/C25H30N4O3S/c1-20-3-9-24(10-4-20)33(31,32)29-15-11-22(12-16-29)25(30)28-14-2-13-27(17-18-28)23-7-5-21(19-26)6-8-23/h3-10,22H,2,11-18H2,1H3. The van der Waals surface area contributed by atoms with Crippen LogP contribution >= 0.6 is 0 Å². The molecular weight excluding hydrogens is 436 g/mol. The van der Waals surface area contributed by atoms with Crippen LogP contribution in [0.4, 0.5) is 5.69 Å². The lowest BCUT2D eigenvalue weighted by atomic mass is 9.96. The number of aryl methyl sites for hydroxylation is 1. The molecule has 0 bridgehead atoms. The molecule has 7 nitrogen and oxygen atoms in total. The highest BCUT2D eigenvalue weighted by atomic mass is 32.2. The monoisotopic (exact) mass is 466 g/mol. The summed E-state index contributed by atoms with van der Waals surface area (Å²) >= 11 is 0. The molecule has 4 rings (SSSR count). The number of piperidine rings is 1. The minimum atomic E-state index is -3.52. The largest absolute Gasteiger partial charge is 0.370 e. The van der Waals surface area contributed by atoms with E-state index >= 15 is 0 Å². The molecule has 0 N–H and O–H groups in total. The molecule has 2 saturated heterocycles. The first-order valence-electron chi connectivity index (χ1n) is 11.5. The van der Waals surface area contributed by atoms with Gasteiger partial charge in [0.05, 0.1) is 16.5 Å². The van der Waals surface area contributed by atoms with Gasteiger partial charge in [-0.1, -0.05) is 17.7 Å². The highest BCUT2D eigenvalue weighted by Crippen LogP contribution is 2.26. The van der Waals surface area contributed by atoms with Crippen molar-refractivity contribution >= 4 is 21.6 Å². The van der Waals surface area contributed by atoms with E-state index in [9.17, 15) is 13.2 Å². The van der Waals surface area contributed by atoms with E-state index in [1.54, 1.807) is 12.1 Å². The van der Waals surface area contributed by atoms with Gasteiger partial charge in [-0.25, -0.2) is 8.42 Å². The minimum Gasteiger partial charge on any atom is -0.370 e. The molecule has 0 aliphatic carbocycles. The summed E-state index contributed by atoms with van der Waals surface area (Å²) in [5, 5.41) is 8.99. The molecule has 2 aromatic rings. The number of nitriles is 1. The third-order valence-corrected chi connectivity index (χ3v) is 8.54. The Morgan fingerprint density at radius 3 is 2.21 bits per heavy atom. The maximum atomic E-state index is 13.2. The summed E-state index contributed by atoms with van der Waals surface area (Å²) in [4.78, 5) is 17.7. The number of carbonyl (C=O) groups excluding carboxylic acids is 1.